The summed E-state index contributed by atoms with van der Waals surface area (Å²) in [5, 5.41) is 0. The molecule has 0 aliphatic heterocycles. The maximum Gasteiger partial charge on any atom is -0.00257 e. The third-order valence-corrected chi connectivity index (χ3v) is 2.71. The molecule has 0 nitrogen and oxygen atoms in total. The predicted molar refractivity (Wildman–Crippen MR) is 69.4 cm³/mol. The van der Waals surface area contributed by atoms with Crippen molar-refractivity contribution < 1.29 is 0 Å². The normalized spacial score (nSPS) is 10.3. The second-order valence-electron chi connectivity index (χ2n) is 4.09. The van der Waals surface area contributed by atoms with E-state index in [0.717, 1.165) is 19.3 Å². The van der Waals surface area contributed by atoms with Crippen molar-refractivity contribution in [1.29, 1.82) is 0 Å². The molecule has 0 saturated carbocycles. The second kappa shape index (κ2) is 5.50. The van der Waals surface area contributed by atoms with Gasteiger partial charge in [-0.15, -0.1) is 0 Å². The van der Waals surface area contributed by atoms with Crippen LogP contribution in [-0.4, -0.2) is 0 Å². The van der Waals surface area contributed by atoms with E-state index in [9.17, 15) is 0 Å². The molecule has 0 N–H and O–H groups in total. The van der Waals surface area contributed by atoms with Gasteiger partial charge in [-0.3, -0.25) is 0 Å². The molecule has 1 radical (unpaired) electrons. The molecule has 0 unspecified atom stereocenters. The summed E-state index contributed by atoms with van der Waals surface area (Å²) in [6.45, 7) is 3.89. The minimum absolute atomic E-state index is 0.967. The fourth-order valence-corrected chi connectivity index (χ4v) is 1.93. The highest BCUT2D eigenvalue weighted by atomic mass is 14.0. The van der Waals surface area contributed by atoms with Crippen LogP contribution in [0.2, 0.25) is 0 Å². The minimum Gasteiger partial charge on any atom is -0.0622 e. The molecule has 0 heterocycles. The molecular weight excluding hydrogens is 192 g/mol. The Morgan fingerprint density at radius 1 is 0.750 bits per heavy atom. The molecule has 0 aliphatic carbocycles. The lowest BCUT2D eigenvalue weighted by Gasteiger charge is -2.04. The Kier molecular flexibility index (Phi) is 3.76. The quantitative estimate of drug-likeness (QED) is 0.712. The Balaban J connectivity index is 2.12. The van der Waals surface area contributed by atoms with Gasteiger partial charge in [-0.05, 0) is 36.0 Å². The summed E-state index contributed by atoms with van der Waals surface area (Å²) >= 11 is 0. The Hall–Kier alpha value is -1.56. The third kappa shape index (κ3) is 2.96. The summed E-state index contributed by atoms with van der Waals surface area (Å²) in [5.41, 5.74) is 4.15. The fraction of sp³-hybridized carbons (Fsp3) is 0.188. The van der Waals surface area contributed by atoms with Gasteiger partial charge in [0, 0.05) is 0 Å². The van der Waals surface area contributed by atoms with E-state index >= 15 is 0 Å². The molecule has 0 saturated heterocycles. The van der Waals surface area contributed by atoms with Crippen molar-refractivity contribution in [2.45, 2.75) is 19.3 Å². The van der Waals surface area contributed by atoms with Crippen molar-refractivity contribution in [2.75, 3.05) is 0 Å². The van der Waals surface area contributed by atoms with Crippen LogP contribution in [-0.2, 0) is 12.8 Å². The van der Waals surface area contributed by atoms with E-state index < -0.39 is 0 Å². The maximum atomic E-state index is 3.89. The van der Waals surface area contributed by atoms with Gasteiger partial charge in [0.15, 0.2) is 0 Å². The minimum atomic E-state index is 0.967. The molecule has 16 heavy (non-hydrogen) atoms. The first-order chi connectivity index (χ1) is 7.88. The Morgan fingerprint density at radius 2 is 1.44 bits per heavy atom. The Bertz CT molecular complexity index is 429. The van der Waals surface area contributed by atoms with Gasteiger partial charge in [-0.2, -0.15) is 0 Å². The van der Waals surface area contributed by atoms with Gasteiger partial charge < -0.3 is 0 Å². The monoisotopic (exact) mass is 209 g/mol. The molecule has 0 atom stereocenters. The van der Waals surface area contributed by atoms with E-state index in [4.69, 9.17) is 0 Å². The molecule has 0 aromatic heterocycles. The largest absolute Gasteiger partial charge is 0.0622 e. The van der Waals surface area contributed by atoms with E-state index in [-0.39, 0.29) is 0 Å². The zero-order chi connectivity index (χ0) is 11.2. The average Bonchev–Trinajstić information content (AvgIpc) is 2.31. The average molecular weight is 209 g/mol. The summed E-state index contributed by atoms with van der Waals surface area (Å²) in [6.07, 6.45) is 3.06. The van der Waals surface area contributed by atoms with Crippen LogP contribution in [0.15, 0.2) is 54.6 Å². The van der Waals surface area contributed by atoms with Crippen LogP contribution in [0.3, 0.4) is 0 Å². The highest BCUT2D eigenvalue weighted by Gasteiger charge is 1.97. The van der Waals surface area contributed by atoms with Gasteiger partial charge in [0.05, 0.1) is 0 Å². The molecule has 0 bridgehead atoms. The van der Waals surface area contributed by atoms with Crippen molar-refractivity contribution in [3.05, 3.63) is 78.2 Å². The first kappa shape index (κ1) is 10.9. The standard InChI is InChI=1S/C16H17/c1-2-7-14-10-6-11-16(12-14)13-15-8-4-3-5-9-15/h3-6,8-12H,1-2,7,13H2. The van der Waals surface area contributed by atoms with Crippen molar-refractivity contribution in [1.82, 2.24) is 0 Å². The molecular formula is C16H17. The van der Waals surface area contributed by atoms with Gasteiger partial charge in [-0.25, -0.2) is 0 Å². The number of hydrogen-bond acceptors (Lipinski definition) is 0. The van der Waals surface area contributed by atoms with E-state index in [1.807, 2.05) is 0 Å². The number of benzene rings is 2. The summed E-state index contributed by atoms with van der Waals surface area (Å²) in [4.78, 5) is 0. The molecule has 2 rings (SSSR count). The highest BCUT2D eigenvalue weighted by Crippen LogP contribution is 2.12. The van der Waals surface area contributed by atoms with Crippen LogP contribution in [0.1, 0.15) is 23.1 Å². The Morgan fingerprint density at radius 3 is 2.19 bits per heavy atom. The molecule has 0 heteroatoms. The number of rotatable bonds is 4. The molecule has 2 aromatic carbocycles. The van der Waals surface area contributed by atoms with Crippen LogP contribution < -0.4 is 0 Å². The predicted octanol–water partition coefficient (Wildman–Crippen LogP) is 4.04. The lowest BCUT2D eigenvalue weighted by molar-refractivity contribution is 0.992. The van der Waals surface area contributed by atoms with Crippen molar-refractivity contribution in [3.63, 3.8) is 0 Å². The van der Waals surface area contributed by atoms with Crippen LogP contribution >= 0.6 is 0 Å². The first-order valence-corrected chi connectivity index (χ1v) is 5.79. The van der Waals surface area contributed by atoms with E-state index in [0.29, 0.717) is 0 Å². The zero-order valence-corrected chi connectivity index (χ0v) is 9.52. The molecule has 0 spiro atoms. The van der Waals surface area contributed by atoms with Gasteiger partial charge >= 0.3 is 0 Å². The number of aryl methyl sites for hydroxylation is 1. The summed E-state index contributed by atoms with van der Waals surface area (Å²) in [7, 11) is 0. The van der Waals surface area contributed by atoms with Crippen LogP contribution in [0, 0.1) is 6.92 Å². The van der Waals surface area contributed by atoms with E-state index in [2.05, 4.69) is 61.5 Å². The zero-order valence-electron chi connectivity index (χ0n) is 9.52. The Labute approximate surface area is 97.9 Å². The van der Waals surface area contributed by atoms with Crippen molar-refractivity contribution >= 4 is 0 Å². The summed E-state index contributed by atoms with van der Waals surface area (Å²) in [6, 6.07) is 19.4. The molecule has 81 valence electrons. The topological polar surface area (TPSA) is 0 Å². The summed E-state index contributed by atoms with van der Waals surface area (Å²) in [5.74, 6) is 0. The van der Waals surface area contributed by atoms with Crippen LogP contribution in [0.4, 0.5) is 0 Å². The number of hydrogen-bond donors (Lipinski definition) is 0. The van der Waals surface area contributed by atoms with E-state index in [1.165, 1.54) is 16.7 Å². The van der Waals surface area contributed by atoms with Crippen LogP contribution in [0.25, 0.3) is 0 Å². The van der Waals surface area contributed by atoms with E-state index in [1.54, 1.807) is 0 Å². The first-order valence-electron chi connectivity index (χ1n) is 5.79. The lowest BCUT2D eigenvalue weighted by atomic mass is 10.0. The fourth-order valence-electron chi connectivity index (χ4n) is 1.93. The maximum absolute atomic E-state index is 3.89. The molecule has 0 amide bonds. The van der Waals surface area contributed by atoms with Gasteiger partial charge in [0.1, 0.15) is 0 Å². The van der Waals surface area contributed by atoms with Gasteiger partial charge in [0.25, 0.3) is 0 Å². The lowest BCUT2D eigenvalue weighted by Crippen LogP contribution is -1.90. The van der Waals surface area contributed by atoms with Gasteiger partial charge in [-0.1, -0.05) is 61.5 Å². The SMILES string of the molecule is [CH2]CCc1cccc(Cc2ccccc2)c1. The summed E-state index contributed by atoms with van der Waals surface area (Å²) < 4.78 is 0. The molecule has 2 aromatic rings. The van der Waals surface area contributed by atoms with Crippen LogP contribution in [0.5, 0.6) is 0 Å². The molecule has 0 fully saturated rings. The van der Waals surface area contributed by atoms with Gasteiger partial charge in [0.2, 0.25) is 0 Å². The van der Waals surface area contributed by atoms with Crippen molar-refractivity contribution in [2.24, 2.45) is 0 Å². The third-order valence-electron chi connectivity index (χ3n) is 2.71. The smallest absolute Gasteiger partial charge is 0.00257 e. The second-order valence-corrected chi connectivity index (χ2v) is 4.09. The molecule has 0 aliphatic rings. The van der Waals surface area contributed by atoms with Crippen molar-refractivity contribution in [3.8, 4) is 0 Å². The highest BCUT2D eigenvalue weighted by molar-refractivity contribution is 5.29.